The van der Waals surface area contributed by atoms with Crippen molar-refractivity contribution in [2.75, 3.05) is 13.2 Å². The van der Waals surface area contributed by atoms with E-state index in [1.54, 1.807) is 0 Å². The first-order valence-corrected chi connectivity index (χ1v) is 4.69. The van der Waals surface area contributed by atoms with Gasteiger partial charge in [0.15, 0.2) is 0 Å². The van der Waals surface area contributed by atoms with Crippen molar-refractivity contribution in [2.24, 2.45) is 11.7 Å². The molecule has 2 rings (SSSR count). The Morgan fingerprint density at radius 2 is 2.08 bits per heavy atom. The van der Waals surface area contributed by atoms with E-state index in [0.717, 1.165) is 13.2 Å². The Bertz CT molecular complexity index is 137. The van der Waals surface area contributed by atoms with E-state index >= 15 is 0 Å². The largest absolute Gasteiger partial charge is 0.375 e. The number of hydrogen-bond donors (Lipinski definition) is 1. The van der Waals surface area contributed by atoms with Gasteiger partial charge in [-0.15, -0.1) is 12.4 Å². The van der Waals surface area contributed by atoms with Crippen molar-refractivity contribution in [3.05, 3.63) is 0 Å². The third kappa shape index (κ3) is 1.76. The molecule has 2 fully saturated rings. The van der Waals surface area contributed by atoms with Gasteiger partial charge in [0.2, 0.25) is 0 Å². The monoisotopic (exact) mass is 191 g/mol. The number of rotatable bonds is 1. The van der Waals surface area contributed by atoms with Crippen LogP contribution in [0.2, 0.25) is 0 Å². The third-order valence-corrected chi connectivity index (χ3v) is 3.23. The van der Waals surface area contributed by atoms with E-state index in [1.165, 1.54) is 32.1 Å². The first-order chi connectivity index (χ1) is 5.35. The van der Waals surface area contributed by atoms with Gasteiger partial charge in [-0.1, -0.05) is 0 Å². The van der Waals surface area contributed by atoms with Crippen LogP contribution in [0.5, 0.6) is 0 Å². The Labute approximate surface area is 80.3 Å². The molecular weight excluding hydrogens is 174 g/mol. The van der Waals surface area contributed by atoms with Gasteiger partial charge in [0, 0.05) is 0 Å². The molecule has 1 aliphatic heterocycles. The molecule has 12 heavy (non-hydrogen) atoms. The zero-order valence-electron chi connectivity index (χ0n) is 7.42. The molecule has 0 amide bonds. The Morgan fingerprint density at radius 3 is 2.42 bits per heavy atom. The molecule has 1 spiro atoms. The van der Waals surface area contributed by atoms with Crippen LogP contribution in [0.25, 0.3) is 0 Å². The second-order valence-corrected chi connectivity index (χ2v) is 3.99. The fraction of sp³-hybridized carbons (Fsp3) is 1.00. The molecule has 0 radical (unpaired) electrons. The van der Waals surface area contributed by atoms with Crippen molar-refractivity contribution >= 4 is 12.4 Å². The molecule has 72 valence electrons. The summed E-state index contributed by atoms with van der Waals surface area (Å²) < 4.78 is 5.82. The van der Waals surface area contributed by atoms with Crippen LogP contribution in [0.15, 0.2) is 0 Å². The van der Waals surface area contributed by atoms with Gasteiger partial charge >= 0.3 is 0 Å². The highest BCUT2D eigenvalue weighted by Crippen LogP contribution is 2.43. The average molecular weight is 192 g/mol. The summed E-state index contributed by atoms with van der Waals surface area (Å²) in [6.45, 7) is 1.71. The van der Waals surface area contributed by atoms with Gasteiger partial charge < -0.3 is 10.5 Å². The minimum atomic E-state index is 0. The standard InChI is InChI=1S/C9H17NO.ClH/c10-6-8-2-5-9(11-7-8)3-1-4-9;/h8H,1-7,10H2;1H. The molecule has 1 heterocycles. The van der Waals surface area contributed by atoms with Gasteiger partial charge in [0.1, 0.15) is 0 Å². The van der Waals surface area contributed by atoms with Crippen molar-refractivity contribution in [2.45, 2.75) is 37.7 Å². The van der Waals surface area contributed by atoms with Gasteiger partial charge in [-0.25, -0.2) is 0 Å². The fourth-order valence-electron chi connectivity index (χ4n) is 2.07. The molecule has 0 aromatic heterocycles. The van der Waals surface area contributed by atoms with E-state index in [9.17, 15) is 0 Å². The predicted molar refractivity (Wildman–Crippen MR) is 51.6 cm³/mol. The molecule has 2 nitrogen and oxygen atoms in total. The molecule has 0 aromatic carbocycles. The van der Waals surface area contributed by atoms with Gasteiger partial charge in [0.25, 0.3) is 0 Å². The van der Waals surface area contributed by atoms with Gasteiger partial charge in [-0.3, -0.25) is 0 Å². The zero-order chi connectivity index (χ0) is 7.73. The van der Waals surface area contributed by atoms with E-state index < -0.39 is 0 Å². The third-order valence-electron chi connectivity index (χ3n) is 3.23. The van der Waals surface area contributed by atoms with Crippen LogP contribution in [0.4, 0.5) is 0 Å². The van der Waals surface area contributed by atoms with E-state index in [-0.39, 0.29) is 12.4 Å². The molecule has 1 saturated heterocycles. The molecule has 1 saturated carbocycles. The van der Waals surface area contributed by atoms with Crippen molar-refractivity contribution in [3.63, 3.8) is 0 Å². The predicted octanol–water partition coefficient (Wildman–Crippen LogP) is 1.72. The molecule has 0 aromatic rings. The molecule has 2 N–H and O–H groups in total. The maximum absolute atomic E-state index is 5.82. The minimum Gasteiger partial charge on any atom is -0.375 e. The molecule has 1 atom stereocenters. The van der Waals surface area contributed by atoms with Crippen LogP contribution in [0.1, 0.15) is 32.1 Å². The van der Waals surface area contributed by atoms with Gasteiger partial charge in [-0.05, 0) is 44.6 Å². The van der Waals surface area contributed by atoms with E-state index in [4.69, 9.17) is 10.5 Å². The molecule has 1 unspecified atom stereocenters. The molecule has 3 heteroatoms. The van der Waals surface area contributed by atoms with E-state index in [0.29, 0.717) is 11.5 Å². The Balaban J connectivity index is 0.000000720. The van der Waals surface area contributed by atoms with Crippen LogP contribution in [-0.4, -0.2) is 18.8 Å². The summed E-state index contributed by atoms with van der Waals surface area (Å²) >= 11 is 0. The zero-order valence-corrected chi connectivity index (χ0v) is 8.24. The summed E-state index contributed by atoms with van der Waals surface area (Å²) in [5, 5.41) is 0. The van der Waals surface area contributed by atoms with E-state index in [1.807, 2.05) is 0 Å². The molecule has 0 bridgehead atoms. The topological polar surface area (TPSA) is 35.2 Å². The lowest BCUT2D eigenvalue weighted by molar-refractivity contribution is -0.143. The van der Waals surface area contributed by atoms with Crippen LogP contribution < -0.4 is 5.73 Å². The Kier molecular flexibility index (Phi) is 3.38. The number of hydrogen-bond acceptors (Lipinski definition) is 2. The smallest absolute Gasteiger partial charge is 0.0682 e. The van der Waals surface area contributed by atoms with Gasteiger partial charge in [-0.2, -0.15) is 0 Å². The van der Waals surface area contributed by atoms with Crippen molar-refractivity contribution in [1.82, 2.24) is 0 Å². The first kappa shape index (κ1) is 10.3. The number of ether oxygens (including phenoxy) is 1. The number of halogens is 1. The highest BCUT2D eigenvalue weighted by Gasteiger charge is 2.40. The quantitative estimate of drug-likeness (QED) is 0.685. The molecule has 1 aliphatic carbocycles. The summed E-state index contributed by atoms with van der Waals surface area (Å²) in [5.41, 5.74) is 5.90. The SMILES string of the molecule is Cl.NCC1CCC2(CCC2)OC1. The molecular formula is C9H18ClNO. The fourth-order valence-corrected chi connectivity index (χ4v) is 2.07. The lowest BCUT2D eigenvalue weighted by atomic mass is 9.74. The summed E-state index contributed by atoms with van der Waals surface area (Å²) in [5.74, 6) is 0.640. The first-order valence-electron chi connectivity index (χ1n) is 4.69. The van der Waals surface area contributed by atoms with Crippen LogP contribution >= 0.6 is 12.4 Å². The Morgan fingerprint density at radius 1 is 1.33 bits per heavy atom. The lowest BCUT2D eigenvalue weighted by Crippen LogP contribution is -2.46. The second-order valence-electron chi connectivity index (χ2n) is 3.99. The minimum absolute atomic E-state index is 0. The summed E-state index contributed by atoms with van der Waals surface area (Å²) in [6, 6.07) is 0. The summed E-state index contributed by atoms with van der Waals surface area (Å²) in [4.78, 5) is 0. The Hall–Kier alpha value is 0.210. The lowest BCUT2D eigenvalue weighted by Gasteiger charge is -2.46. The van der Waals surface area contributed by atoms with Crippen LogP contribution in [0, 0.1) is 5.92 Å². The van der Waals surface area contributed by atoms with Crippen molar-refractivity contribution in [1.29, 1.82) is 0 Å². The van der Waals surface area contributed by atoms with E-state index in [2.05, 4.69) is 0 Å². The summed E-state index contributed by atoms with van der Waals surface area (Å²) in [6.07, 6.45) is 6.51. The highest BCUT2D eigenvalue weighted by atomic mass is 35.5. The maximum atomic E-state index is 5.82. The van der Waals surface area contributed by atoms with Gasteiger partial charge in [0.05, 0.1) is 12.2 Å². The molecule has 2 aliphatic rings. The van der Waals surface area contributed by atoms with Crippen molar-refractivity contribution in [3.8, 4) is 0 Å². The summed E-state index contributed by atoms with van der Waals surface area (Å²) in [7, 11) is 0. The second kappa shape index (κ2) is 3.95. The average Bonchev–Trinajstić information content (AvgIpc) is 2.02. The van der Waals surface area contributed by atoms with Crippen molar-refractivity contribution < 1.29 is 4.74 Å². The van der Waals surface area contributed by atoms with Crippen LogP contribution in [0.3, 0.4) is 0 Å². The maximum Gasteiger partial charge on any atom is 0.0682 e. The normalized spacial score (nSPS) is 32.2. The highest BCUT2D eigenvalue weighted by molar-refractivity contribution is 5.85. The number of nitrogens with two attached hydrogens (primary N) is 1. The van der Waals surface area contributed by atoms with Crippen LogP contribution in [-0.2, 0) is 4.74 Å².